The summed E-state index contributed by atoms with van der Waals surface area (Å²) in [5, 5.41) is 0. The molecular weight excluding hydrogens is 134 g/mol. The molecule has 0 aliphatic heterocycles. The fourth-order valence-electron chi connectivity index (χ4n) is 0.788. The fraction of sp³-hybridized carbons (Fsp3) is 0.400. The average Bonchev–Trinajstić information content (AvgIpc) is 2.32. The minimum absolute atomic E-state index is 0.269. The van der Waals surface area contributed by atoms with Gasteiger partial charge in [0, 0.05) is 11.9 Å². The highest BCUT2D eigenvalue weighted by Crippen LogP contribution is 2.16. The molecule has 1 heterocycles. The van der Waals surface area contributed by atoms with E-state index in [4.69, 9.17) is 0 Å². The van der Waals surface area contributed by atoms with Crippen molar-refractivity contribution in [1.29, 1.82) is 0 Å². The lowest BCUT2D eigenvalue weighted by Gasteiger charge is -2.10. The SMILES string of the molecule is CC(C)(C)/C=C/c1ccc[nH]1. The summed E-state index contributed by atoms with van der Waals surface area (Å²) < 4.78 is 0. The summed E-state index contributed by atoms with van der Waals surface area (Å²) in [6.45, 7) is 6.56. The van der Waals surface area contributed by atoms with Crippen molar-refractivity contribution in [2.24, 2.45) is 5.41 Å². The lowest BCUT2D eigenvalue weighted by molar-refractivity contribution is 0.547. The van der Waals surface area contributed by atoms with Crippen LogP contribution in [-0.2, 0) is 0 Å². The number of rotatable bonds is 1. The number of nitrogens with one attached hydrogen (secondary N) is 1. The van der Waals surface area contributed by atoms with E-state index < -0.39 is 0 Å². The first-order chi connectivity index (χ1) is 5.08. The van der Waals surface area contributed by atoms with E-state index in [1.54, 1.807) is 0 Å². The molecule has 0 unspecified atom stereocenters. The smallest absolute Gasteiger partial charge is 0.0377 e. The molecule has 0 saturated carbocycles. The zero-order valence-corrected chi connectivity index (χ0v) is 7.39. The van der Waals surface area contributed by atoms with Gasteiger partial charge in [-0.3, -0.25) is 0 Å². The Kier molecular flexibility index (Phi) is 2.18. The van der Waals surface area contributed by atoms with Crippen LogP contribution in [0, 0.1) is 5.41 Å². The highest BCUT2D eigenvalue weighted by atomic mass is 14.7. The molecule has 1 heteroatoms. The largest absolute Gasteiger partial charge is 0.362 e. The minimum Gasteiger partial charge on any atom is -0.362 e. The van der Waals surface area contributed by atoms with Crippen LogP contribution in [0.4, 0.5) is 0 Å². The molecule has 11 heavy (non-hydrogen) atoms. The molecule has 1 N–H and O–H groups in total. The summed E-state index contributed by atoms with van der Waals surface area (Å²) in [7, 11) is 0. The predicted octanol–water partition coefficient (Wildman–Crippen LogP) is 3.07. The van der Waals surface area contributed by atoms with E-state index in [-0.39, 0.29) is 5.41 Å². The minimum atomic E-state index is 0.269. The molecule has 1 aromatic rings. The van der Waals surface area contributed by atoms with E-state index >= 15 is 0 Å². The Morgan fingerprint density at radius 2 is 2.09 bits per heavy atom. The summed E-state index contributed by atoms with van der Waals surface area (Å²) in [6.07, 6.45) is 6.24. The van der Waals surface area contributed by atoms with Crippen LogP contribution in [0.5, 0.6) is 0 Å². The third-order valence-electron chi connectivity index (χ3n) is 1.38. The van der Waals surface area contributed by atoms with Crippen LogP contribution in [-0.4, -0.2) is 4.98 Å². The van der Waals surface area contributed by atoms with Crippen LogP contribution in [0.25, 0.3) is 6.08 Å². The highest BCUT2D eigenvalue weighted by Gasteiger charge is 2.02. The second kappa shape index (κ2) is 2.95. The van der Waals surface area contributed by atoms with Crippen molar-refractivity contribution in [3.8, 4) is 0 Å². The highest BCUT2D eigenvalue weighted by molar-refractivity contribution is 5.45. The Bertz CT molecular complexity index is 224. The van der Waals surface area contributed by atoms with Crippen molar-refractivity contribution in [2.75, 3.05) is 0 Å². The topological polar surface area (TPSA) is 15.8 Å². The van der Waals surface area contributed by atoms with Gasteiger partial charge >= 0.3 is 0 Å². The van der Waals surface area contributed by atoms with Gasteiger partial charge in [-0.15, -0.1) is 0 Å². The Hall–Kier alpha value is -0.980. The van der Waals surface area contributed by atoms with Crippen LogP contribution in [0.1, 0.15) is 26.5 Å². The van der Waals surface area contributed by atoms with Crippen LogP contribution in [0.15, 0.2) is 24.4 Å². The molecule has 0 aliphatic carbocycles. The molecule has 0 aliphatic rings. The first-order valence-corrected chi connectivity index (χ1v) is 3.90. The first-order valence-electron chi connectivity index (χ1n) is 3.90. The van der Waals surface area contributed by atoms with Crippen molar-refractivity contribution in [1.82, 2.24) is 4.98 Å². The first kappa shape index (κ1) is 8.12. The van der Waals surface area contributed by atoms with E-state index in [1.807, 2.05) is 12.3 Å². The second-order valence-corrected chi connectivity index (χ2v) is 3.82. The van der Waals surface area contributed by atoms with Crippen molar-refractivity contribution >= 4 is 6.08 Å². The number of aromatic amines is 1. The van der Waals surface area contributed by atoms with Gasteiger partial charge in [-0.2, -0.15) is 0 Å². The Labute approximate surface area is 68.1 Å². The number of aromatic nitrogens is 1. The average molecular weight is 149 g/mol. The lowest BCUT2D eigenvalue weighted by atomic mass is 9.96. The molecule has 0 amide bonds. The summed E-state index contributed by atoms with van der Waals surface area (Å²) in [5.74, 6) is 0. The third kappa shape index (κ3) is 3.08. The van der Waals surface area contributed by atoms with Gasteiger partial charge in [-0.25, -0.2) is 0 Å². The van der Waals surface area contributed by atoms with E-state index in [0.717, 1.165) is 0 Å². The number of hydrogen-bond acceptors (Lipinski definition) is 0. The van der Waals surface area contributed by atoms with Gasteiger partial charge in [0.05, 0.1) is 0 Å². The van der Waals surface area contributed by atoms with Gasteiger partial charge in [-0.05, 0) is 23.6 Å². The maximum absolute atomic E-state index is 3.12. The number of allylic oxidation sites excluding steroid dienone is 1. The van der Waals surface area contributed by atoms with E-state index in [0.29, 0.717) is 0 Å². The molecular formula is C10H15N. The molecule has 0 spiro atoms. The monoisotopic (exact) mass is 149 g/mol. The Morgan fingerprint density at radius 1 is 1.36 bits per heavy atom. The van der Waals surface area contributed by atoms with E-state index in [1.165, 1.54) is 5.69 Å². The molecule has 0 aromatic carbocycles. The fourth-order valence-corrected chi connectivity index (χ4v) is 0.788. The molecule has 1 nitrogen and oxygen atoms in total. The number of hydrogen-bond donors (Lipinski definition) is 1. The van der Waals surface area contributed by atoms with Crippen molar-refractivity contribution in [2.45, 2.75) is 20.8 Å². The summed E-state index contributed by atoms with van der Waals surface area (Å²) in [4.78, 5) is 3.12. The van der Waals surface area contributed by atoms with Crippen molar-refractivity contribution in [3.05, 3.63) is 30.1 Å². The summed E-state index contributed by atoms with van der Waals surface area (Å²) >= 11 is 0. The van der Waals surface area contributed by atoms with Crippen molar-refractivity contribution in [3.63, 3.8) is 0 Å². The normalized spacial score (nSPS) is 12.6. The van der Waals surface area contributed by atoms with Crippen LogP contribution >= 0.6 is 0 Å². The standard InChI is InChI=1S/C10H15N/c1-10(2,3)7-6-9-5-4-8-11-9/h4-8,11H,1-3H3/b7-6+. The Morgan fingerprint density at radius 3 is 2.55 bits per heavy atom. The van der Waals surface area contributed by atoms with Crippen LogP contribution in [0.3, 0.4) is 0 Å². The molecule has 0 atom stereocenters. The molecule has 0 bridgehead atoms. The molecule has 0 saturated heterocycles. The maximum Gasteiger partial charge on any atom is 0.0377 e. The van der Waals surface area contributed by atoms with E-state index in [9.17, 15) is 0 Å². The van der Waals surface area contributed by atoms with Gasteiger partial charge in [0.2, 0.25) is 0 Å². The zero-order chi connectivity index (χ0) is 8.32. The quantitative estimate of drug-likeness (QED) is 0.631. The molecule has 60 valence electrons. The number of H-pyrrole nitrogens is 1. The predicted molar refractivity (Wildman–Crippen MR) is 49.3 cm³/mol. The van der Waals surface area contributed by atoms with Gasteiger partial charge < -0.3 is 4.98 Å². The van der Waals surface area contributed by atoms with Gasteiger partial charge in [0.15, 0.2) is 0 Å². The third-order valence-corrected chi connectivity index (χ3v) is 1.38. The zero-order valence-electron chi connectivity index (χ0n) is 7.39. The molecule has 0 fully saturated rings. The Balaban J connectivity index is 2.63. The maximum atomic E-state index is 3.12. The van der Waals surface area contributed by atoms with Gasteiger partial charge in [0.1, 0.15) is 0 Å². The van der Waals surface area contributed by atoms with Gasteiger partial charge in [-0.1, -0.05) is 26.8 Å². The van der Waals surface area contributed by atoms with Crippen molar-refractivity contribution < 1.29 is 0 Å². The lowest BCUT2D eigenvalue weighted by Crippen LogP contribution is -1.97. The summed E-state index contributed by atoms with van der Waals surface area (Å²) in [6, 6.07) is 4.06. The molecule has 0 radical (unpaired) electrons. The molecule has 1 aromatic heterocycles. The molecule has 1 rings (SSSR count). The second-order valence-electron chi connectivity index (χ2n) is 3.82. The van der Waals surface area contributed by atoms with Crippen LogP contribution < -0.4 is 0 Å². The van der Waals surface area contributed by atoms with Gasteiger partial charge in [0.25, 0.3) is 0 Å². The van der Waals surface area contributed by atoms with E-state index in [2.05, 4.69) is 44.0 Å². The van der Waals surface area contributed by atoms with Crippen LogP contribution in [0.2, 0.25) is 0 Å². The summed E-state index contributed by atoms with van der Waals surface area (Å²) in [5.41, 5.74) is 1.44.